The molecule has 0 unspecified atom stereocenters. The summed E-state index contributed by atoms with van der Waals surface area (Å²) in [5.74, 6) is -0.385. The van der Waals surface area contributed by atoms with Gasteiger partial charge in [0.25, 0.3) is 5.91 Å². The molecule has 0 aliphatic carbocycles. The lowest BCUT2D eigenvalue weighted by Crippen LogP contribution is -2.18. The highest BCUT2D eigenvalue weighted by atomic mass is 32.2. The molecular formula is C31H30N4O3S. The molecule has 198 valence electrons. The Labute approximate surface area is 228 Å². The van der Waals surface area contributed by atoms with Gasteiger partial charge < -0.3 is 10.2 Å². The first-order valence-corrected chi connectivity index (χ1v) is 14.4. The van der Waals surface area contributed by atoms with Gasteiger partial charge in [0.1, 0.15) is 5.69 Å². The number of nitrogens with zero attached hydrogens (tertiary/aromatic N) is 3. The number of anilines is 1. The summed E-state index contributed by atoms with van der Waals surface area (Å²) in [4.78, 5) is 15.7. The summed E-state index contributed by atoms with van der Waals surface area (Å²) in [5.41, 5.74) is 5.22. The first-order chi connectivity index (χ1) is 18.6. The molecule has 5 rings (SSSR count). The lowest BCUT2D eigenvalue weighted by Gasteiger charge is -2.15. The molecular weight excluding hydrogens is 508 g/mol. The number of nitrogens with one attached hydrogen (secondary N) is 1. The third kappa shape index (κ3) is 5.62. The fourth-order valence-electron chi connectivity index (χ4n) is 4.72. The molecule has 8 heteroatoms. The zero-order valence-corrected chi connectivity index (χ0v) is 23.2. The molecule has 1 aromatic heterocycles. The van der Waals surface area contributed by atoms with Gasteiger partial charge >= 0.3 is 0 Å². The summed E-state index contributed by atoms with van der Waals surface area (Å²) < 4.78 is 26.9. The van der Waals surface area contributed by atoms with Gasteiger partial charge in [0, 0.05) is 18.5 Å². The van der Waals surface area contributed by atoms with Gasteiger partial charge in [-0.15, -0.1) is 0 Å². The van der Waals surface area contributed by atoms with Crippen molar-refractivity contribution in [1.82, 2.24) is 14.7 Å². The molecule has 0 atom stereocenters. The second kappa shape index (κ2) is 10.5. The number of hydrogen-bond acceptors (Lipinski definition) is 5. The van der Waals surface area contributed by atoms with E-state index in [1.807, 2.05) is 74.8 Å². The number of hydrogen-bond donors (Lipinski definition) is 1. The number of fused-ring (bicyclic) bond motifs is 1. The van der Waals surface area contributed by atoms with E-state index >= 15 is 0 Å². The van der Waals surface area contributed by atoms with Crippen molar-refractivity contribution in [3.8, 4) is 16.8 Å². The second-order valence-electron chi connectivity index (χ2n) is 9.95. The van der Waals surface area contributed by atoms with E-state index in [-0.39, 0.29) is 16.5 Å². The zero-order chi connectivity index (χ0) is 27.7. The summed E-state index contributed by atoms with van der Waals surface area (Å²) in [5, 5.41) is 9.09. The van der Waals surface area contributed by atoms with Crippen LogP contribution in [0.1, 0.15) is 21.7 Å². The Hall–Kier alpha value is -4.27. The van der Waals surface area contributed by atoms with Crippen molar-refractivity contribution < 1.29 is 13.2 Å². The average Bonchev–Trinajstić information content (AvgIpc) is 3.29. The maximum Gasteiger partial charge on any atom is 0.274 e. The molecule has 4 aromatic carbocycles. The summed E-state index contributed by atoms with van der Waals surface area (Å²) in [6, 6.07) is 28.5. The second-order valence-corrected chi connectivity index (χ2v) is 11.9. The average molecular weight is 539 g/mol. The van der Waals surface area contributed by atoms with E-state index in [2.05, 4.69) is 27.4 Å². The molecule has 0 radical (unpaired) electrons. The smallest absolute Gasteiger partial charge is 0.274 e. The van der Waals surface area contributed by atoms with E-state index < -0.39 is 9.84 Å². The lowest BCUT2D eigenvalue weighted by atomic mass is 9.99. The Morgan fingerprint density at radius 2 is 1.54 bits per heavy atom. The molecule has 0 aliphatic rings. The van der Waals surface area contributed by atoms with E-state index in [0.717, 1.165) is 34.7 Å². The van der Waals surface area contributed by atoms with Crippen molar-refractivity contribution in [3.63, 3.8) is 0 Å². The van der Waals surface area contributed by atoms with E-state index in [9.17, 15) is 13.2 Å². The Kier molecular flexibility index (Phi) is 7.08. The molecule has 0 bridgehead atoms. The monoisotopic (exact) mass is 538 g/mol. The van der Waals surface area contributed by atoms with Crippen LogP contribution in [-0.2, 0) is 16.4 Å². The van der Waals surface area contributed by atoms with Crippen molar-refractivity contribution in [2.24, 2.45) is 0 Å². The molecule has 39 heavy (non-hydrogen) atoms. The normalized spacial score (nSPS) is 11.7. The van der Waals surface area contributed by atoms with Gasteiger partial charge in [-0.25, -0.2) is 13.1 Å². The highest BCUT2D eigenvalue weighted by Gasteiger charge is 2.22. The number of aryl methyl sites for hydroxylation is 1. The first-order valence-electron chi connectivity index (χ1n) is 12.5. The van der Waals surface area contributed by atoms with Crippen LogP contribution in [0.3, 0.4) is 0 Å². The van der Waals surface area contributed by atoms with Crippen molar-refractivity contribution >= 4 is 32.2 Å². The summed E-state index contributed by atoms with van der Waals surface area (Å²) in [6.07, 6.45) is 1.16. The van der Waals surface area contributed by atoms with Gasteiger partial charge in [-0.2, -0.15) is 5.10 Å². The lowest BCUT2D eigenvalue weighted by molar-refractivity contribution is 0.101. The fraction of sp³-hybridized carbons (Fsp3) is 0.161. The number of sulfone groups is 1. The van der Waals surface area contributed by atoms with E-state index in [0.29, 0.717) is 17.1 Å². The molecule has 0 spiro atoms. The molecule has 1 amide bonds. The SMILES string of the molecule is Cc1cc(C(=O)Nc2ccc(-c3ccccc3CN(C)C)cc2)n(-c2cc3ccccc3cc2S(C)(=O)=O)n1. The van der Waals surface area contributed by atoms with Crippen LogP contribution in [0.4, 0.5) is 5.69 Å². The minimum absolute atomic E-state index is 0.110. The van der Waals surface area contributed by atoms with Crippen LogP contribution in [0.25, 0.3) is 27.6 Å². The Balaban J connectivity index is 1.48. The van der Waals surface area contributed by atoms with E-state index in [1.165, 1.54) is 10.2 Å². The van der Waals surface area contributed by atoms with Crippen LogP contribution in [-0.4, -0.2) is 49.4 Å². The molecule has 0 saturated heterocycles. The van der Waals surface area contributed by atoms with Gasteiger partial charge in [0.15, 0.2) is 9.84 Å². The highest BCUT2D eigenvalue weighted by molar-refractivity contribution is 7.90. The van der Waals surface area contributed by atoms with E-state index in [1.54, 1.807) is 25.1 Å². The molecule has 7 nitrogen and oxygen atoms in total. The van der Waals surface area contributed by atoms with Gasteiger partial charge in [-0.05, 0) is 78.8 Å². The Bertz CT molecular complexity index is 1790. The number of benzene rings is 4. The van der Waals surface area contributed by atoms with Gasteiger partial charge in [0.2, 0.25) is 0 Å². The molecule has 0 aliphatic heterocycles. The summed E-state index contributed by atoms with van der Waals surface area (Å²) in [7, 11) is 0.477. The number of aromatic nitrogens is 2. The van der Waals surface area contributed by atoms with Gasteiger partial charge in [-0.3, -0.25) is 4.79 Å². The molecule has 0 saturated carbocycles. The molecule has 1 heterocycles. The van der Waals surface area contributed by atoms with Crippen LogP contribution in [0.15, 0.2) is 95.9 Å². The predicted octanol–water partition coefficient (Wildman–Crippen LogP) is 5.72. The van der Waals surface area contributed by atoms with Gasteiger partial charge in [-0.1, -0.05) is 60.7 Å². The quantitative estimate of drug-likeness (QED) is 0.287. The van der Waals surface area contributed by atoms with Crippen molar-refractivity contribution in [2.75, 3.05) is 25.7 Å². The standard InChI is InChI=1S/C31H30N4O3S/c1-21-17-29(35(33-21)28-18-23-9-5-6-10-24(23)19-30(28)39(4,37)38)31(36)32-26-15-13-22(14-16-26)27-12-8-7-11-25(27)20-34(2)3/h5-19H,20H2,1-4H3,(H,32,36). The van der Waals surface area contributed by atoms with Crippen LogP contribution >= 0.6 is 0 Å². The van der Waals surface area contributed by atoms with Crippen molar-refractivity contribution in [2.45, 2.75) is 18.4 Å². The molecule has 0 fully saturated rings. The highest BCUT2D eigenvalue weighted by Crippen LogP contribution is 2.29. The maximum absolute atomic E-state index is 13.4. The fourth-order valence-corrected chi connectivity index (χ4v) is 5.59. The van der Waals surface area contributed by atoms with Gasteiger partial charge in [0.05, 0.1) is 16.3 Å². The van der Waals surface area contributed by atoms with Crippen molar-refractivity contribution in [1.29, 1.82) is 0 Å². The third-order valence-corrected chi connectivity index (χ3v) is 7.60. The van der Waals surface area contributed by atoms with E-state index in [4.69, 9.17) is 0 Å². The number of rotatable bonds is 7. The van der Waals surface area contributed by atoms with Crippen LogP contribution in [0, 0.1) is 6.92 Å². The molecule has 1 N–H and O–H groups in total. The Morgan fingerprint density at radius 3 is 2.21 bits per heavy atom. The minimum atomic E-state index is -3.60. The minimum Gasteiger partial charge on any atom is -0.321 e. The van der Waals surface area contributed by atoms with Crippen molar-refractivity contribution in [3.05, 3.63) is 108 Å². The topological polar surface area (TPSA) is 84.3 Å². The first kappa shape index (κ1) is 26.3. The number of carbonyl (C=O) groups excluding carboxylic acids is 1. The number of carbonyl (C=O) groups is 1. The summed E-state index contributed by atoms with van der Waals surface area (Å²) >= 11 is 0. The third-order valence-electron chi connectivity index (χ3n) is 6.48. The predicted molar refractivity (Wildman–Crippen MR) is 156 cm³/mol. The zero-order valence-electron chi connectivity index (χ0n) is 22.3. The van der Waals surface area contributed by atoms with Crippen LogP contribution < -0.4 is 5.32 Å². The number of amides is 1. The summed E-state index contributed by atoms with van der Waals surface area (Å²) in [6.45, 7) is 2.59. The maximum atomic E-state index is 13.4. The van der Waals surface area contributed by atoms with Crippen LogP contribution in [0.2, 0.25) is 0 Å². The largest absolute Gasteiger partial charge is 0.321 e. The molecule has 5 aromatic rings. The Morgan fingerprint density at radius 1 is 0.897 bits per heavy atom. The van der Waals surface area contributed by atoms with Crippen LogP contribution in [0.5, 0.6) is 0 Å².